The number of thiazole rings is 1. The van der Waals surface area contributed by atoms with Gasteiger partial charge in [0, 0.05) is 28.2 Å². The summed E-state index contributed by atoms with van der Waals surface area (Å²) < 4.78 is 0. The van der Waals surface area contributed by atoms with Crippen LogP contribution in [0.25, 0.3) is 0 Å². The number of amides is 1. The lowest BCUT2D eigenvalue weighted by atomic mass is 10.2. The van der Waals surface area contributed by atoms with E-state index in [1.54, 1.807) is 12.3 Å². The van der Waals surface area contributed by atoms with Gasteiger partial charge < -0.3 is 5.32 Å². The van der Waals surface area contributed by atoms with E-state index in [9.17, 15) is 4.79 Å². The molecule has 2 aromatic rings. The molecule has 0 fully saturated rings. The van der Waals surface area contributed by atoms with Gasteiger partial charge in [-0.1, -0.05) is 23.2 Å². The number of likely N-dealkylation sites (N-methyl/N-ethyl adjacent to an activating group) is 1. The van der Waals surface area contributed by atoms with E-state index < -0.39 is 0 Å². The molecule has 0 radical (unpaired) electrons. The van der Waals surface area contributed by atoms with E-state index in [1.807, 2.05) is 29.5 Å². The van der Waals surface area contributed by atoms with Crippen LogP contribution in [0.5, 0.6) is 0 Å². The number of nitrogens with one attached hydrogen (secondary N) is 1. The van der Waals surface area contributed by atoms with E-state index in [2.05, 4.69) is 10.3 Å². The molecule has 0 saturated carbocycles. The Labute approximate surface area is 131 Å². The molecule has 0 spiro atoms. The molecule has 20 heavy (non-hydrogen) atoms. The van der Waals surface area contributed by atoms with Crippen molar-refractivity contribution in [3.63, 3.8) is 0 Å². The summed E-state index contributed by atoms with van der Waals surface area (Å²) in [6.07, 6.45) is 1.65. The zero-order valence-electron chi connectivity index (χ0n) is 10.8. The molecule has 1 N–H and O–H groups in total. The number of nitrogens with zero attached hydrogens (tertiary/aromatic N) is 2. The molecule has 0 unspecified atom stereocenters. The second-order valence-corrected chi connectivity index (χ2v) is 6.10. The maximum absolute atomic E-state index is 11.8. The van der Waals surface area contributed by atoms with Crippen molar-refractivity contribution < 1.29 is 4.79 Å². The van der Waals surface area contributed by atoms with Gasteiger partial charge in [0.25, 0.3) is 0 Å². The molecule has 2 rings (SSSR count). The number of anilines is 1. The molecular formula is C13H13Cl2N3OS. The van der Waals surface area contributed by atoms with Crippen molar-refractivity contribution >= 4 is 45.6 Å². The van der Waals surface area contributed by atoms with Gasteiger partial charge >= 0.3 is 0 Å². The Balaban J connectivity index is 1.88. The highest BCUT2D eigenvalue weighted by atomic mass is 35.5. The first-order chi connectivity index (χ1) is 9.52. The molecule has 1 heterocycles. The Morgan fingerprint density at radius 2 is 2.05 bits per heavy atom. The summed E-state index contributed by atoms with van der Waals surface area (Å²) in [5.41, 5.74) is 0.965. The normalized spacial score (nSPS) is 10.8. The van der Waals surface area contributed by atoms with Gasteiger partial charge in [-0.05, 0) is 30.8 Å². The second-order valence-electron chi connectivity index (χ2n) is 4.34. The van der Waals surface area contributed by atoms with Crippen LogP contribution in [0, 0.1) is 0 Å². The smallest absolute Gasteiger partial charge is 0.240 e. The minimum atomic E-state index is -0.101. The van der Waals surface area contributed by atoms with E-state index >= 15 is 0 Å². The van der Waals surface area contributed by atoms with Crippen LogP contribution in [0.15, 0.2) is 29.8 Å². The molecule has 1 amide bonds. The molecule has 7 heteroatoms. The Morgan fingerprint density at radius 1 is 1.35 bits per heavy atom. The average molecular weight is 330 g/mol. The van der Waals surface area contributed by atoms with E-state index in [0.29, 0.717) is 21.7 Å². The third-order valence-electron chi connectivity index (χ3n) is 2.47. The van der Waals surface area contributed by atoms with Crippen LogP contribution >= 0.6 is 34.5 Å². The predicted molar refractivity (Wildman–Crippen MR) is 83.5 cm³/mol. The molecule has 0 aliphatic heterocycles. The number of benzene rings is 1. The van der Waals surface area contributed by atoms with Crippen LogP contribution < -0.4 is 5.32 Å². The van der Waals surface area contributed by atoms with Gasteiger partial charge in [0.15, 0.2) is 5.13 Å². The van der Waals surface area contributed by atoms with Crippen LogP contribution in [-0.2, 0) is 11.3 Å². The van der Waals surface area contributed by atoms with Gasteiger partial charge in [-0.2, -0.15) is 0 Å². The van der Waals surface area contributed by atoms with Crippen LogP contribution in [0.3, 0.4) is 0 Å². The van der Waals surface area contributed by atoms with Gasteiger partial charge in [0.1, 0.15) is 0 Å². The van der Waals surface area contributed by atoms with Gasteiger partial charge in [0.2, 0.25) is 5.91 Å². The van der Waals surface area contributed by atoms with E-state index in [4.69, 9.17) is 23.2 Å². The lowest BCUT2D eigenvalue weighted by Gasteiger charge is -2.16. The fraction of sp³-hybridized carbons (Fsp3) is 0.231. The van der Waals surface area contributed by atoms with Crippen LogP contribution in [0.2, 0.25) is 10.0 Å². The fourth-order valence-electron chi connectivity index (χ4n) is 1.76. The predicted octanol–water partition coefficient (Wildman–Crippen LogP) is 3.52. The third kappa shape index (κ3) is 4.76. The molecular weight excluding hydrogens is 317 g/mol. The Kier molecular flexibility index (Phi) is 5.37. The fourth-order valence-corrected chi connectivity index (χ4v) is 2.88. The van der Waals surface area contributed by atoms with Gasteiger partial charge in [-0.3, -0.25) is 9.69 Å². The minimum absolute atomic E-state index is 0.101. The highest BCUT2D eigenvalue weighted by molar-refractivity contribution is 7.13. The Morgan fingerprint density at radius 3 is 2.65 bits per heavy atom. The number of halogens is 2. The quantitative estimate of drug-likeness (QED) is 0.912. The Bertz CT molecular complexity index is 569. The number of hydrogen-bond donors (Lipinski definition) is 1. The molecule has 0 atom stereocenters. The van der Waals surface area contributed by atoms with Gasteiger partial charge in [0.05, 0.1) is 6.54 Å². The lowest BCUT2D eigenvalue weighted by Crippen LogP contribution is -2.29. The van der Waals surface area contributed by atoms with E-state index in [0.717, 1.165) is 5.56 Å². The summed E-state index contributed by atoms with van der Waals surface area (Å²) >= 11 is 13.3. The van der Waals surface area contributed by atoms with Crippen molar-refractivity contribution in [2.45, 2.75) is 6.54 Å². The van der Waals surface area contributed by atoms with Crippen molar-refractivity contribution in [2.75, 3.05) is 18.9 Å². The first kappa shape index (κ1) is 15.3. The first-order valence-electron chi connectivity index (χ1n) is 5.86. The van der Waals surface area contributed by atoms with Crippen molar-refractivity contribution in [3.05, 3.63) is 45.4 Å². The zero-order valence-corrected chi connectivity index (χ0v) is 13.1. The maximum Gasteiger partial charge on any atom is 0.240 e. The summed E-state index contributed by atoms with van der Waals surface area (Å²) in [4.78, 5) is 17.7. The standard InChI is InChI=1S/C13H13Cl2N3OS/c1-18(7-9-4-10(14)6-11(15)5-9)8-12(19)17-13-16-2-3-20-13/h2-6H,7-8H2,1H3,(H,16,17,19). The highest BCUT2D eigenvalue weighted by Gasteiger charge is 2.09. The number of aromatic nitrogens is 1. The van der Waals surface area contributed by atoms with Crippen LogP contribution in [-0.4, -0.2) is 29.4 Å². The van der Waals surface area contributed by atoms with Crippen LogP contribution in [0.4, 0.5) is 5.13 Å². The second kappa shape index (κ2) is 7.04. The molecule has 0 aliphatic carbocycles. The van der Waals surface area contributed by atoms with E-state index in [1.165, 1.54) is 11.3 Å². The number of carbonyl (C=O) groups is 1. The minimum Gasteiger partial charge on any atom is -0.301 e. The summed E-state index contributed by atoms with van der Waals surface area (Å²) in [5.74, 6) is -0.101. The first-order valence-corrected chi connectivity index (χ1v) is 7.49. The number of rotatable bonds is 5. The number of carbonyl (C=O) groups excluding carboxylic acids is 1. The summed E-state index contributed by atoms with van der Waals surface area (Å²) in [6.45, 7) is 0.856. The van der Waals surface area contributed by atoms with E-state index in [-0.39, 0.29) is 12.5 Å². The maximum atomic E-state index is 11.8. The number of hydrogen-bond acceptors (Lipinski definition) is 4. The molecule has 106 valence electrons. The van der Waals surface area contributed by atoms with Crippen molar-refractivity contribution in [1.29, 1.82) is 0 Å². The third-order valence-corrected chi connectivity index (χ3v) is 3.59. The van der Waals surface area contributed by atoms with Gasteiger partial charge in [-0.25, -0.2) is 4.98 Å². The van der Waals surface area contributed by atoms with Gasteiger partial charge in [-0.15, -0.1) is 11.3 Å². The highest BCUT2D eigenvalue weighted by Crippen LogP contribution is 2.20. The molecule has 1 aromatic heterocycles. The molecule has 0 saturated heterocycles. The summed E-state index contributed by atoms with van der Waals surface area (Å²) in [5, 5.41) is 6.34. The van der Waals surface area contributed by atoms with Crippen molar-refractivity contribution in [1.82, 2.24) is 9.88 Å². The Hall–Kier alpha value is -1.14. The zero-order chi connectivity index (χ0) is 14.5. The monoisotopic (exact) mass is 329 g/mol. The summed E-state index contributed by atoms with van der Waals surface area (Å²) in [6, 6.07) is 5.35. The van der Waals surface area contributed by atoms with Crippen molar-refractivity contribution in [2.24, 2.45) is 0 Å². The van der Waals surface area contributed by atoms with Crippen molar-refractivity contribution in [3.8, 4) is 0 Å². The SMILES string of the molecule is CN(CC(=O)Nc1nccs1)Cc1cc(Cl)cc(Cl)c1. The topological polar surface area (TPSA) is 45.2 Å². The van der Waals surface area contributed by atoms with Crippen LogP contribution in [0.1, 0.15) is 5.56 Å². The lowest BCUT2D eigenvalue weighted by molar-refractivity contribution is -0.117. The summed E-state index contributed by atoms with van der Waals surface area (Å²) in [7, 11) is 1.86. The molecule has 0 bridgehead atoms. The molecule has 1 aromatic carbocycles. The molecule has 4 nitrogen and oxygen atoms in total. The molecule has 0 aliphatic rings. The average Bonchev–Trinajstić information content (AvgIpc) is 2.79. The largest absolute Gasteiger partial charge is 0.301 e.